The van der Waals surface area contributed by atoms with Crippen molar-refractivity contribution in [3.63, 3.8) is 0 Å². The number of carbonyl (C=O) groups excluding carboxylic acids is 1. The molecule has 0 radical (unpaired) electrons. The van der Waals surface area contributed by atoms with Crippen LogP contribution in [0.15, 0.2) is 48.5 Å². The van der Waals surface area contributed by atoms with Gasteiger partial charge in [0.15, 0.2) is 0 Å². The highest BCUT2D eigenvalue weighted by Crippen LogP contribution is 2.24. The molecule has 0 bridgehead atoms. The van der Waals surface area contributed by atoms with Crippen molar-refractivity contribution in [1.29, 1.82) is 0 Å². The molecule has 0 saturated carbocycles. The molecule has 1 N–H and O–H groups in total. The van der Waals surface area contributed by atoms with Gasteiger partial charge in [0, 0.05) is 6.42 Å². The van der Waals surface area contributed by atoms with Gasteiger partial charge in [-0.25, -0.2) is 14.5 Å². The van der Waals surface area contributed by atoms with Crippen molar-refractivity contribution in [3.05, 3.63) is 71.3 Å². The number of ketones is 1. The van der Waals surface area contributed by atoms with Crippen molar-refractivity contribution < 1.29 is 14.7 Å². The highest BCUT2D eigenvalue weighted by atomic mass is 16.4. The zero-order chi connectivity index (χ0) is 21.5. The maximum absolute atomic E-state index is 12.2. The molecule has 3 aromatic rings. The molecule has 0 spiro atoms. The topological polar surface area (TPSA) is 85.1 Å². The molecule has 0 aliphatic heterocycles. The van der Waals surface area contributed by atoms with Gasteiger partial charge in [-0.05, 0) is 36.1 Å². The van der Waals surface area contributed by atoms with E-state index >= 15 is 0 Å². The van der Waals surface area contributed by atoms with E-state index in [-0.39, 0.29) is 17.2 Å². The number of benzene rings is 2. The van der Waals surface area contributed by atoms with Crippen LogP contribution in [0, 0.1) is 11.8 Å². The summed E-state index contributed by atoms with van der Waals surface area (Å²) in [6.45, 7) is 4.16. The van der Waals surface area contributed by atoms with Gasteiger partial charge in [-0.15, -0.1) is 11.0 Å². The molecule has 0 saturated heterocycles. The molecule has 6 heteroatoms. The molecule has 0 aliphatic rings. The van der Waals surface area contributed by atoms with Gasteiger partial charge in [-0.2, -0.15) is 0 Å². The third-order valence-electron chi connectivity index (χ3n) is 4.65. The molecule has 1 aromatic heterocycles. The molecule has 0 fully saturated rings. The lowest BCUT2D eigenvalue weighted by molar-refractivity contribution is 0.0697. The Morgan fingerprint density at radius 1 is 1.10 bits per heavy atom. The van der Waals surface area contributed by atoms with Crippen LogP contribution in [0.1, 0.15) is 59.1 Å². The van der Waals surface area contributed by atoms with Gasteiger partial charge in [-0.3, -0.25) is 4.79 Å². The van der Waals surface area contributed by atoms with E-state index in [2.05, 4.69) is 21.9 Å². The van der Waals surface area contributed by atoms with Crippen molar-refractivity contribution in [3.8, 4) is 23.0 Å². The van der Waals surface area contributed by atoms with Crippen molar-refractivity contribution in [2.24, 2.45) is 0 Å². The lowest BCUT2D eigenvalue weighted by Crippen LogP contribution is -2.07. The average molecular weight is 401 g/mol. The highest BCUT2D eigenvalue weighted by Gasteiger charge is 2.16. The summed E-state index contributed by atoms with van der Waals surface area (Å²) in [5, 5.41) is 13.8. The summed E-state index contributed by atoms with van der Waals surface area (Å²) in [6, 6.07) is 14.6. The van der Waals surface area contributed by atoms with Crippen molar-refractivity contribution in [2.75, 3.05) is 0 Å². The maximum atomic E-state index is 12.2. The third-order valence-corrected chi connectivity index (χ3v) is 4.65. The summed E-state index contributed by atoms with van der Waals surface area (Å²) >= 11 is 0. The number of carbonyl (C=O) groups is 2. The summed E-state index contributed by atoms with van der Waals surface area (Å²) in [7, 11) is 0. The molecule has 2 aromatic carbocycles. The van der Waals surface area contributed by atoms with Crippen LogP contribution >= 0.6 is 0 Å². The molecule has 0 atom stereocenters. The second-order valence-corrected chi connectivity index (χ2v) is 6.83. The Bertz CT molecular complexity index is 1120. The Morgan fingerprint density at radius 3 is 2.50 bits per heavy atom. The van der Waals surface area contributed by atoms with Crippen LogP contribution in [0.5, 0.6) is 0 Å². The Balaban J connectivity index is 1.87. The first-order chi connectivity index (χ1) is 14.5. The molecule has 0 unspecified atom stereocenters. The first-order valence-electron chi connectivity index (χ1n) is 9.81. The zero-order valence-electron chi connectivity index (χ0n) is 17.1. The minimum atomic E-state index is -0.955. The fourth-order valence-corrected chi connectivity index (χ4v) is 3.14. The quantitative estimate of drug-likeness (QED) is 0.451. The normalized spacial score (nSPS) is 10.3. The summed E-state index contributed by atoms with van der Waals surface area (Å²) in [4.78, 5) is 28.1. The third kappa shape index (κ3) is 4.81. The maximum Gasteiger partial charge on any atom is 0.336 e. The smallest absolute Gasteiger partial charge is 0.336 e. The Hall–Kier alpha value is -3.72. The number of carboxylic acid groups (broad SMARTS) is 1. The number of aromatic carboxylic acids is 1. The predicted octanol–water partition coefficient (Wildman–Crippen LogP) is 4.24. The van der Waals surface area contributed by atoms with Gasteiger partial charge < -0.3 is 5.11 Å². The van der Waals surface area contributed by atoms with E-state index in [0.717, 1.165) is 17.5 Å². The Kier molecular flexibility index (Phi) is 6.76. The predicted molar refractivity (Wildman–Crippen MR) is 114 cm³/mol. The van der Waals surface area contributed by atoms with Crippen molar-refractivity contribution >= 4 is 11.8 Å². The van der Waals surface area contributed by atoms with Gasteiger partial charge in [-0.1, -0.05) is 55.3 Å². The van der Waals surface area contributed by atoms with E-state index in [1.54, 1.807) is 29.8 Å². The summed E-state index contributed by atoms with van der Waals surface area (Å²) in [6.07, 6.45) is 1.59. The van der Waals surface area contributed by atoms with Gasteiger partial charge in [0.1, 0.15) is 5.82 Å². The summed E-state index contributed by atoms with van der Waals surface area (Å²) in [5.41, 5.74) is 2.73. The van der Waals surface area contributed by atoms with Crippen molar-refractivity contribution in [1.82, 2.24) is 14.8 Å². The van der Waals surface area contributed by atoms with Crippen LogP contribution in [0.3, 0.4) is 0 Å². The standard InChI is InChI=1S/C24H23N3O3/c1-3-5-11-22-25-23(21(28)8-4-2)26-27(22)16-17-12-14-18(15-13-17)19-9-6-7-10-20(19)24(29)30/h6-7,9-10,12-15H,4,8,11,16H2,1-2H3,(H,29,30). The second kappa shape index (κ2) is 9.66. The van der Waals surface area contributed by atoms with Crippen LogP contribution in [0.2, 0.25) is 0 Å². The van der Waals surface area contributed by atoms with Crippen LogP contribution in [-0.2, 0) is 13.0 Å². The molecule has 1 heterocycles. The minimum absolute atomic E-state index is 0.0671. The lowest BCUT2D eigenvalue weighted by atomic mass is 9.99. The molecule has 6 nitrogen and oxygen atoms in total. The SMILES string of the molecule is CC#CCc1nc(C(=O)CCC)nn1Cc1ccc(-c2ccccc2C(=O)O)cc1. The number of hydrogen-bond donors (Lipinski definition) is 1. The lowest BCUT2D eigenvalue weighted by Gasteiger charge is -2.08. The highest BCUT2D eigenvalue weighted by molar-refractivity contribution is 5.96. The van der Waals surface area contributed by atoms with E-state index in [1.807, 2.05) is 37.3 Å². The average Bonchev–Trinajstić information content (AvgIpc) is 3.15. The van der Waals surface area contributed by atoms with Crippen molar-refractivity contribution in [2.45, 2.75) is 39.7 Å². The Labute approximate surface area is 175 Å². The number of Topliss-reactive ketones (excluding diaryl/α,β-unsaturated/α-hetero) is 1. The van der Waals surface area contributed by atoms with E-state index in [0.29, 0.717) is 30.8 Å². The molecule has 152 valence electrons. The number of aromatic nitrogens is 3. The van der Waals surface area contributed by atoms with Gasteiger partial charge in [0.05, 0.1) is 18.5 Å². The molecule has 0 aliphatic carbocycles. The van der Waals surface area contributed by atoms with E-state index < -0.39 is 5.97 Å². The fourth-order valence-electron chi connectivity index (χ4n) is 3.14. The van der Waals surface area contributed by atoms with E-state index in [4.69, 9.17) is 0 Å². The zero-order valence-corrected chi connectivity index (χ0v) is 17.1. The Morgan fingerprint density at radius 2 is 1.83 bits per heavy atom. The number of rotatable bonds is 8. The molecule has 3 rings (SSSR count). The minimum Gasteiger partial charge on any atom is -0.478 e. The molecule has 30 heavy (non-hydrogen) atoms. The monoisotopic (exact) mass is 401 g/mol. The number of hydrogen-bond acceptors (Lipinski definition) is 4. The molecule has 0 amide bonds. The first-order valence-corrected chi connectivity index (χ1v) is 9.81. The molecular formula is C24H23N3O3. The first kappa shape index (κ1) is 21.0. The van der Waals surface area contributed by atoms with Crippen LogP contribution < -0.4 is 0 Å². The summed E-state index contributed by atoms with van der Waals surface area (Å²) in [5.74, 6) is 5.70. The second-order valence-electron chi connectivity index (χ2n) is 6.83. The van der Waals surface area contributed by atoms with E-state index in [1.165, 1.54) is 0 Å². The van der Waals surface area contributed by atoms with Gasteiger partial charge >= 0.3 is 5.97 Å². The van der Waals surface area contributed by atoms with Crippen LogP contribution in [0.25, 0.3) is 11.1 Å². The number of nitrogens with zero attached hydrogens (tertiary/aromatic N) is 3. The van der Waals surface area contributed by atoms with Gasteiger partial charge in [0.2, 0.25) is 11.6 Å². The van der Waals surface area contributed by atoms with Crippen LogP contribution in [-0.4, -0.2) is 31.6 Å². The van der Waals surface area contributed by atoms with Gasteiger partial charge in [0.25, 0.3) is 0 Å². The molecular weight excluding hydrogens is 378 g/mol. The fraction of sp³-hybridized carbons (Fsp3) is 0.250. The number of carboxylic acids is 1. The van der Waals surface area contributed by atoms with E-state index in [9.17, 15) is 14.7 Å². The van der Waals surface area contributed by atoms with Crippen LogP contribution in [0.4, 0.5) is 0 Å². The summed E-state index contributed by atoms with van der Waals surface area (Å²) < 4.78 is 1.72. The largest absolute Gasteiger partial charge is 0.478 e.